The molecule has 0 radical (unpaired) electrons. The Morgan fingerprint density at radius 2 is 1.87 bits per heavy atom. The summed E-state index contributed by atoms with van der Waals surface area (Å²) in [5, 5.41) is 19.4. The Kier molecular flexibility index (Phi) is 9.33. The zero-order valence-electron chi connectivity index (χ0n) is 15.4. The van der Waals surface area contributed by atoms with E-state index in [1.807, 2.05) is 6.92 Å². The van der Waals surface area contributed by atoms with Crippen molar-refractivity contribution in [3.8, 4) is 0 Å². The van der Waals surface area contributed by atoms with Gasteiger partial charge < -0.3 is 10.2 Å². The quantitative estimate of drug-likeness (QED) is 0.439. The van der Waals surface area contributed by atoms with Crippen molar-refractivity contribution in [1.29, 1.82) is 0 Å². The van der Waals surface area contributed by atoms with E-state index in [0.29, 0.717) is 6.42 Å². The van der Waals surface area contributed by atoms with Gasteiger partial charge in [0, 0.05) is 5.92 Å². The van der Waals surface area contributed by atoms with E-state index < -0.39 is 11.2 Å². The van der Waals surface area contributed by atoms with Crippen LogP contribution in [0, 0.1) is 5.92 Å². The van der Waals surface area contributed by atoms with Gasteiger partial charge in [0.15, 0.2) is 5.78 Å². The summed E-state index contributed by atoms with van der Waals surface area (Å²) in [5.41, 5.74) is -0.456. The first kappa shape index (κ1) is 21.8. The van der Waals surface area contributed by atoms with Crippen LogP contribution in [0.25, 0.3) is 0 Å². The van der Waals surface area contributed by atoms with Gasteiger partial charge in [0.1, 0.15) is 0 Å². The second-order valence-corrected chi connectivity index (χ2v) is 7.33. The lowest BCUT2D eigenvalue weighted by Crippen LogP contribution is -2.19. The molecule has 0 aliphatic carbocycles. The summed E-state index contributed by atoms with van der Waals surface area (Å²) in [6, 6.07) is 0. The number of carbonyl (C=O) groups is 1. The largest absolute Gasteiger partial charge is 0.386 e. The van der Waals surface area contributed by atoms with E-state index in [1.165, 1.54) is 11.6 Å². The van der Waals surface area contributed by atoms with Gasteiger partial charge in [-0.05, 0) is 65.9 Å². The molecular formula is C20H34O3. The Balaban J connectivity index is 4.11. The molecule has 2 N–H and O–H groups in total. The van der Waals surface area contributed by atoms with Gasteiger partial charge in [0.2, 0.25) is 0 Å². The van der Waals surface area contributed by atoms with E-state index in [9.17, 15) is 15.0 Å². The van der Waals surface area contributed by atoms with Crippen molar-refractivity contribution in [2.45, 2.75) is 77.9 Å². The van der Waals surface area contributed by atoms with Crippen molar-refractivity contribution in [2.24, 2.45) is 5.92 Å². The Hall–Kier alpha value is -1.19. The molecule has 132 valence electrons. The highest BCUT2D eigenvalue weighted by Gasteiger charge is 2.14. The van der Waals surface area contributed by atoms with E-state index in [-0.39, 0.29) is 11.7 Å². The first-order valence-corrected chi connectivity index (χ1v) is 8.44. The molecule has 0 saturated carbocycles. The molecule has 0 saturated heterocycles. The molecule has 0 aromatic heterocycles. The van der Waals surface area contributed by atoms with E-state index in [4.69, 9.17) is 0 Å². The van der Waals surface area contributed by atoms with Crippen molar-refractivity contribution >= 4 is 5.78 Å². The molecule has 0 fully saturated rings. The van der Waals surface area contributed by atoms with Crippen molar-refractivity contribution in [1.82, 2.24) is 0 Å². The number of rotatable bonds is 11. The number of allylic oxidation sites excluding steroid dienone is 3. The number of ketones is 1. The van der Waals surface area contributed by atoms with Crippen LogP contribution >= 0.6 is 0 Å². The minimum Gasteiger partial charge on any atom is -0.386 e. The highest BCUT2D eigenvalue weighted by Crippen LogP contribution is 2.17. The summed E-state index contributed by atoms with van der Waals surface area (Å²) in [6.45, 7) is 12.7. The second-order valence-electron chi connectivity index (χ2n) is 7.33. The standard InChI is InChI=1S/C20H34O3/c1-7-20(6,23)14-9-11-16(2)10-8-12-17(3)18(21)13-15-19(4,5)22/h7,11,13,15,17,22-23H,1,8-10,12,14H2,2-6H3. The van der Waals surface area contributed by atoms with Crippen LogP contribution in [0.2, 0.25) is 0 Å². The lowest BCUT2D eigenvalue weighted by Gasteiger charge is -2.17. The summed E-state index contributed by atoms with van der Waals surface area (Å²) < 4.78 is 0. The first-order chi connectivity index (χ1) is 10.5. The third kappa shape index (κ3) is 12.0. The van der Waals surface area contributed by atoms with Gasteiger partial charge in [-0.25, -0.2) is 0 Å². The van der Waals surface area contributed by atoms with Crippen LogP contribution in [-0.4, -0.2) is 27.2 Å². The molecule has 0 heterocycles. The Bertz CT molecular complexity index is 436. The van der Waals surface area contributed by atoms with Crippen LogP contribution in [-0.2, 0) is 4.79 Å². The van der Waals surface area contributed by atoms with Gasteiger partial charge in [0.25, 0.3) is 0 Å². The molecule has 0 bridgehead atoms. The van der Waals surface area contributed by atoms with Crippen molar-refractivity contribution in [3.63, 3.8) is 0 Å². The number of aliphatic hydroxyl groups is 2. The third-order valence-corrected chi connectivity index (χ3v) is 3.93. The molecule has 23 heavy (non-hydrogen) atoms. The van der Waals surface area contributed by atoms with Gasteiger partial charge in [0.05, 0.1) is 11.2 Å². The second kappa shape index (κ2) is 9.84. The molecule has 0 aromatic carbocycles. The summed E-state index contributed by atoms with van der Waals surface area (Å²) >= 11 is 0. The van der Waals surface area contributed by atoms with Gasteiger partial charge in [-0.3, -0.25) is 4.79 Å². The minimum absolute atomic E-state index is 0.0251. The molecule has 3 nitrogen and oxygen atoms in total. The Labute approximate surface area is 141 Å². The molecule has 3 heteroatoms. The average Bonchev–Trinajstić information content (AvgIpc) is 2.43. The predicted molar refractivity (Wildman–Crippen MR) is 97.3 cm³/mol. The lowest BCUT2D eigenvalue weighted by molar-refractivity contribution is -0.118. The molecule has 0 aromatic rings. The van der Waals surface area contributed by atoms with Crippen molar-refractivity contribution in [3.05, 3.63) is 36.5 Å². The van der Waals surface area contributed by atoms with E-state index >= 15 is 0 Å². The maximum absolute atomic E-state index is 11.9. The maximum Gasteiger partial charge on any atom is 0.158 e. The average molecular weight is 322 g/mol. The molecule has 0 spiro atoms. The molecule has 2 atom stereocenters. The number of hydrogen-bond acceptors (Lipinski definition) is 3. The van der Waals surface area contributed by atoms with Crippen LogP contribution < -0.4 is 0 Å². The number of carbonyl (C=O) groups excluding carboxylic acids is 1. The summed E-state index contributed by atoms with van der Waals surface area (Å²) in [7, 11) is 0. The molecule has 0 aliphatic rings. The zero-order chi connectivity index (χ0) is 18.1. The fourth-order valence-corrected chi connectivity index (χ4v) is 2.09. The molecule has 2 unspecified atom stereocenters. The summed E-state index contributed by atoms with van der Waals surface area (Å²) in [6.07, 6.45) is 11.0. The van der Waals surface area contributed by atoms with Crippen LogP contribution in [0.5, 0.6) is 0 Å². The number of hydrogen-bond donors (Lipinski definition) is 2. The fourth-order valence-electron chi connectivity index (χ4n) is 2.09. The lowest BCUT2D eigenvalue weighted by atomic mass is 9.95. The van der Waals surface area contributed by atoms with Crippen LogP contribution in [0.1, 0.15) is 66.7 Å². The van der Waals surface area contributed by atoms with E-state index in [1.54, 1.807) is 32.9 Å². The topological polar surface area (TPSA) is 57.5 Å². The molecule has 0 rings (SSSR count). The van der Waals surface area contributed by atoms with Gasteiger partial charge in [-0.2, -0.15) is 0 Å². The van der Waals surface area contributed by atoms with Crippen LogP contribution in [0.3, 0.4) is 0 Å². The Morgan fingerprint density at radius 1 is 1.26 bits per heavy atom. The van der Waals surface area contributed by atoms with Crippen LogP contribution in [0.4, 0.5) is 0 Å². The SMILES string of the molecule is C=CC(C)(O)CCC=C(C)CCCC(C)C(=O)C=CC(C)(C)O. The van der Waals surface area contributed by atoms with Gasteiger partial charge in [-0.1, -0.05) is 30.7 Å². The summed E-state index contributed by atoms with van der Waals surface area (Å²) in [5.74, 6) is 0.0405. The Morgan fingerprint density at radius 3 is 2.39 bits per heavy atom. The van der Waals surface area contributed by atoms with Gasteiger partial charge in [-0.15, -0.1) is 6.58 Å². The summed E-state index contributed by atoms with van der Waals surface area (Å²) in [4.78, 5) is 11.9. The maximum atomic E-state index is 11.9. The normalized spacial score (nSPS) is 17.1. The highest BCUT2D eigenvalue weighted by molar-refractivity contribution is 5.91. The molecule has 0 aliphatic heterocycles. The monoisotopic (exact) mass is 322 g/mol. The third-order valence-electron chi connectivity index (χ3n) is 3.93. The predicted octanol–water partition coefficient (Wildman–Crippen LogP) is 4.35. The fraction of sp³-hybridized carbons (Fsp3) is 0.650. The molecular weight excluding hydrogens is 288 g/mol. The van der Waals surface area contributed by atoms with Gasteiger partial charge >= 0.3 is 0 Å². The van der Waals surface area contributed by atoms with Crippen LogP contribution in [0.15, 0.2) is 36.5 Å². The van der Waals surface area contributed by atoms with E-state index in [0.717, 1.165) is 25.7 Å². The first-order valence-electron chi connectivity index (χ1n) is 8.44. The molecule has 0 amide bonds. The highest BCUT2D eigenvalue weighted by atomic mass is 16.3. The van der Waals surface area contributed by atoms with Crippen molar-refractivity contribution in [2.75, 3.05) is 0 Å². The smallest absolute Gasteiger partial charge is 0.158 e. The van der Waals surface area contributed by atoms with Crippen molar-refractivity contribution < 1.29 is 15.0 Å². The van der Waals surface area contributed by atoms with E-state index in [2.05, 4.69) is 19.6 Å². The zero-order valence-corrected chi connectivity index (χ0v) is 15.4. The minimum atomic E-state index is -0.943.